The monoisotopic (exact) mass is 548 g/mol. The van der Waals surface area contributed by atoms with E-state index in [0.29, 0.717) is 13.1 Å². The Bertz CT molecular complexity index is 1730. The largest absolute Gasteiger partial charge is 0.444 e. The molecule has 1 amide bonds. The number of ether oxygens (including phenoxy) is 1. The van der Waals surface area contributed by atoms with Crippen LogP contribution in [0.4, 0.5) is 16.2 Å². The highest BCUT2D eigenvalue weighted by molar-refractivity contribution is 6.04. The lowest BCUT2D eigenvalue weighted by Crippen LogP contribution is -2.58. The van der Waals surface area contributed by atoms with Crippen LogP contribution in [0.5, 0.6) is 0 Å². The van der Waals surface area contributed by atoms with E-state index in [-0.39, 0.29) is 18.2 Å². The first-order chi connectivity index (χ1) is 19.6. The van der Waals surface area contributed by atoms with Crippen LogP contribution >= 0.6 is 0 Å². The number of nitrogens with two attached hydrogens (primary N) is 1. The van der Waals surface area contributed by atoms with Gasteiger partial charge in [-0.1, -0.05) is 42.5 Å². The number of aromatic nitrogens is 3. The summed E-state index contributed by atoms with van der Waals surface area (Å²) in [7, 11) is 0. The fourth-order valence-corrected chi connectivity index (χ4v) is 5.90. The molecule has 210 valence electrons. The molecule has 8 heteroatoms. The molecule has 1 aliphatic heterocycles. The number of rotatable bonds is 3. The van der Waals surface area contributed by atoms with Gasteiger partial charge in [-0.2, -0.15) is 5.10 Å². The molecule has 1 fully saturated rings. The van der Waals surface area contributed by atoms with Gasteiger partial charge in [-0.3, -0.25) is 0 Å². The molecule has 8 nitrogen and oxygen atoms in total. The first-order valence-corrected chi connectivity index (χ1v) is 14.1. The lowest BCUT2D eigenvalue weighted by molar-refractivity contribution is 0.0193. The van der Waals surface area contributed by atoms with Crippen LogP contribution in [-0.2, 0) is 4.74 Å². The maximum Gasteiger partial charge on any atom is 0.410 e. The molecule has 0 bridgehead atoms. The van der Waals surface area contributed by atoms with Crippen LogP contribution in [0.25, 0.3) is 38.7 Å². The van der Waals surface area contributed by atoms with E-state index in [1.807, 2.05) is 79.1 Å². The van der Waals surface area contributed by atoms with Crippen molar-refractivity contribution in [1.82, 2.24) is 19.5 Å². The minimum absolute atomic E-state index is 0.155. The second-order valence-electron chi connectivity index (χ2n) is 12.0. The zero-order chi connectivity index (χ0) is 28.9. The summed E-state index contributed by atoms with van der Waals surface area (Å²) in [5, 5.41) is 6.74. The van der Waals surface area contributed by atoms with Crippen molar-refractivity contribution >= 4 is 33.9 Å². The molecular formula is C33H36N6O2. The minimum atomic E-state index is -0.503. The molecule has 2 aromatic heterocycles. The number of carbonyl (C=O) groups is 1. The summed E-state index contributed by atoms with van der Waals surface area (Å²) in [6.07, 6.45) is 5.54. The van der Waals surface area contributed by atoms with E-state index >= 15 is 0 Å². The van der Waals surface area contributed by atoms with Gasteiger partial charge in [0.25, 0.3) is 0 Å². The van der Waals surface area contributed by atoms with E-state index in [1.165, 1.54) is 0 Å². The van der Waals surface area contributed by atoms with Crippen molar-refractivity contribution in [2.45, 2.75) is 52.3 Å². The first-order valence-electron chi connectivity index (χ1n) is 14.1. The fraction of sp³-hybridized carbons (Fsp3) is 0.303. The van der Waals surface area contributed by atoms with Crippen LogP contribution in [-0.4, -0.2) is 56.4 Å². The number of benzene rings is 3. The molecule has 2 atom stereocenters. The smallest absolute Gasteiger partial charge is 0.410 e. The number of nitrogens with zero attached hydrogens (tertiary/aromatic N) is 5. The Labute approximate surface area is 240 Å². The van der Waals surface area contributed by atoms with E-state index in [9.17, 15) is 4.79 Å². The molecule has 3 heterocycles. The average Bonchev–Trinajstić information content (AvgIpc) is 3.35. The van der Waals surface area contributed by atoms with Crippen molar-refractivity contribution in [2.75, 3.05) is 23.7 Å². The molecule has 0 unspecified atom stereocenters. The highest BCUT2D eigenvalue weighted by Gasteiger charge is 2.34. The Morgan fingerprint density at radius 3 is 2.24 bits per heavy atom. The van der Waals surface area contributed by atoms with Crippen molar-refractivity contribution in [2.24, 2.45) is 0 Å². The van der Waals surface area contributed by atoms with Crippen LogP contribution in [0.1, 0.15) is 34.6 Å². The number of carbonyl (C=O) groups excluding carboxylic acids is 1. The van der Waals surface area contributed by atoms with E-state index in [4.69, 9.17) is 15.5 Å². The molecule has 0 aliphatic carbocycles. The Hall–Kier alpha value is -4.59. The van der Waals surface area contributed by atoms with Gasteiger partial charge in [0.15, 0.2) is 5.65 Å². The molecule has 6 rings (SSSR count). The second-order valence-corrected chi connectivity index (χ2v) is 12.0. The SMILES string of the molecule is C[C@@H]1CN(C(=O)OC(C)(C)C)C[C@H](C)N1c1ccc(-c2cnc3c(-c4ccc(N)c5ccccc45)cnn3c2)cc1. The van der Waals surface area contributed by atoms with E-state index in [0.717, 1.165) is 50.0 Å². The summed E-state index contributed by atoms with van der Waals surface area (Å²) in [4.78, 5) is 21.7. The van der Waals surface area contributed by atoms with E-state index < -0.39 is 5.60 Å². The van der Waals surface area contributed by atoms with Crippen LogP contribution in [0.2, 0.25) is 0 Å². The Balaban J connectivity index is 1.23. The van der Waals surface area contributed by atoms with Gasteiger partial charge in [0.05, 0.1) is 6.20 Å². The Kier molecular flexibility index (Phi) is 6.56. The number of amides is 1. The summed E-state index contributed by atoms with van der Waals surface area (Å²) in [5.74, 6) is 0. The van der Waals surface area contributed by atoms with E-state index in [1.54, 1.807) is 0 Å². The van der Waals surface area contributed by atoms with Gasteiger partial charge in [-0.05, 0) is 69.3 Å². The molecule has 0 radical (unpaired) electrons. The Morgan fingerprint density at radius 1 is 0.878 bits per heavy atom. The number of nitrogen functional groups attached to an aromatic ring is 1. The van der Waals surface area contributed by atoms with Gasteiger partial charge in [0, 0.05) is 65.5 Å². The maximum absolute atomic E-state index is 12.7. The van der Waals surface area contributed by atoms with Crippen LogP contribution in [0.15, 0.2) is 79.3 Å². The fourth-order valence-electron chi connectivity index (χ4n) is 5.90. The van der Waals surface area contributed by atoms with Crippen molar-refractivity contribution in [1.29, 1.82) is 0 Å². The number of piperazine rings is 1. The zero-order valence-corrected chi connectivity index (χ0v) is 24.2. The predicted octanol–water partition coefficient (Wildman–Crippen LogP) is 6.63. The third kappa shape index (κ3) is 5.06. The molecule has 0 saturated carbocycles. The second kappa shape index (κ2) is 10.1. The topological polar surface area (TPSA) is 89.0 Å². The number of anilines is 2. The quantitative estimate of drug-likeness (QED) is 0.255. The van der Waals surface area contributed by atoms with Crippen molar-refractivity contribution in [3.05, 3.63) is 79.3 Å². The lowest BCUT2D eigenvalue weighted by Gasteiger charge is -2.45. The van der Waals surface area contributed by atoms with Gasteiger partial charge in [-0.25, -0.2) is 14.3 Å². The van der Waals surface area contributed by atoms with Crippen LogP contribution in [0.3, 0.4) is 0 Å². The Morgan fingerprint density at radius 2 is 1.56 bits per heavy atom. The molecule has 3 aromatic carbocycles. The molecule has 41 heavy (non-hydrogen) atoms. The summed E-state index contributed by atoms with van der Waals surface area (Å²) >= 11 is 0. The standard InChI is InChI=1S/C33H36N6O2/c1-21-18-37(32(40)41-33(3,4)5)19-22(2)39(21)25-12-10-23(11-13-25)24-16-35-31-29(17-36-38(31)20-24)27-14-15-30(34)28-9-7-6-8-26(27)28/h6-17,20-22H,18-19,34H2,1-5H3/t21-,22+. The summed E-state index contributed by atoms with van der Waals surface area (Å²) in [5.41, 5.74) is 12.5. The number of hydrogen-bond acceptors (Lipinski definition) is 6. The van der Waals surface area contributed by atoms with Crippen LogP contribution < -0.4 is 10.6 Å². The van der Waals surface area contributed by atoms with Gasteiger partial charge >= 0.3 is 6.09 Å². The molecule has 1 saturated heterocycles. The predicted molar refractivity (Wildman–Crippen MR) is 165 cm³/mol. The normalized spacial score (nSPS) is 17.8. The summed E-state index contributed by atoms with van der Waals surface area (Å²) in [6.45, 7) is 11.2. The molecule has 5 aromatic rings. The maximum atomic E-state index is 12.7. The van der Waals surface area contributed by atoms with E-state index in [2.05, 4.69) is 54.2 Å². The highest BCUT2D eigenvalue weighted by Crippen LogP contribution is 2.34. The van der Waals surface area contributed by atoms with Crippen molar-refractivity contribution < 1.29 is 9.53 Å². The zero-order valence-electron chi connectivity index (χ0n) is 24.2. The highest BCUT2D eigenvalue weighted by atomic mass is 16.6. The first kappa shape index (κ1) is 26.6. The molecular weight excluding hydrogens is 512 g/mol. The van der Waals surface area contributed by atoms with Gasteiger partial charge < -0.3 is 20.3 Å². The summed E-state index contributed by atoms with van der Waals surface area (Å²) in [6, 6.07) is 21.0. The molecule has 1 aliphatic rings. The van der Waals surface area contributed by atoms with Gasteiger partial charge in [0.2, 0.25) is 0 Å². The van der Waals surface area contributed by atoms with Gasteiger partial charge in [-0.15, -0.1) is 0 Å². The van der Waals surface area contributed by atoms with Crippen LogP contribution in [0, 0.1) is 0 Å². The number of hydrogen-bond donors (Lipinski definition) is 1. The number of fused-ring (bicyclic) bond motifs is 2. The molecule has 2 N–H and O–H groups in total. The third-order valence-corrected chi connectivity index (χ3v) is 7.67. The van der Waals surface area contributed by atoms with Gasteiger partial charge in [0.1, 0.15) is 5.60 Å². The molecule has 0 spiro atoms. The third-order valence-electron chi connectivity index (χ3n) is 7.67. The summed E-state index contributed by atoms with van der Waals surface area (Å²) < 4.78 is 7.45. The van der Waals surface area contributed by atoms with Crippen molar-refractivity contribution in [3.63, 3.8) is 0 Å². The average molecular weight is 549 g/mol. The lowest BCUT2D eigenvalue weighted by atomic mass is 9.99. The van der Waals surface area contributed by atoms with Crippen molar-refractivity contribution in [3.8, 4) is 22.3 Å². The minimum Gasteiger partial charge on any atom is -0.444 e.